The predicted octanol–water partition coefficient (Wildman–Crippen LogP) is 6.15. The smallest absolute Gasteiger partial charge is 0.170 e. The highest BCUT2D eigenvalue weighted by atomic mass is 35.5. The summed E-state index contributed by atoms with van der Waals surface area (Å²) < 4.78 is 39.7. The Bertz CT molecular complexity index is 613. The molecule has 0 saturated carbocycles. The molecule has 0 aliphatic heterocycles. The summed E-state index contributed by atoms with van der Waals surface area (Å²) in [4.78, 5) is 0. The van der Waals surface area contributed by atoms with Crippen LogP contribution in [0.1, 0.15) is 17.0 Å². The molecule has 0 aromatic heterocycles. The molecule has 0 saturated heterocycles. The maximum Gasteiger partial charge on any atom is 0.399 e. The van der Waals surface area contributed by atoms with Crippen LogP contribution in [-0.2, 0) is 0 Å². The number of allylic oxidation sites excluding steroid dienone is 1. The fraction of sp³-hybridized carbons (Fsp3) is 0.125. The minimum absolute atomic E-state index is 0.00665. The first-order chi connectivity index (χ1) is 9.86. The first-order valence-corrected chi connectivity index (χ1v) is 6.79. The molecule has 1 unspecified atom stereocenters. The van der Waals surface area contributed by atoms with Crippen LogP contribution in [0.3, 0.4) is 0 Å². The van der Waals surface area contributed by atoms with Crippen LogP contribution in [0.25, 0.3) is 6.08 Å². The SMILES string of the molecule is FC(F)(F)C(C=Cc1[c]cccc1)c1cc(Cl)cc(Cl)c1. The Morgan fingerprint density at radius 2 is 1.71 bits per heavy atom. The second-order valence-electron chi connectivity index (χ2n) is 4.40. The van der Waals surface area contributed by atoms with Crippen LogP contribution >= 0.6 is 23.2 Å². The molecule has 0 bridgehead atoms. The molecule has 0 amide bonds. The summed E-state index contributed by atoms with van der Waals surface area (Å²) in [5.41, 5.74) is 0.576. The summed E-state index contributed by atoms with van der Waals surface area (Å²) in [5.74, 6) is -1.78. The number of rotatable bonds is 3. The van der Waals surface area contributed by atoms with E-state index >= 15 is 0 Å². The van der Waals surface area contributed by atoms with Crippen molar-refractivity contribution in [1.29, 1.82) is 0 Å². The Morgan fingerprint density at radius 3 is 2.24 bits per heavy atom. The number of benzene rings is 2. The third-order valence-corrected chi connectivity index (χ3v) is 3.23. The molecule has 2 aromatic rings. The van der Waals surface area contributed by atoms with Gasteiger partial charge in [-0.15, -0.1) is 0 Å². The summed E-state index contributed by atoms with van der Waals surface area (Å²) in [6.45, 7) is 0. The summed E-state index contributed by atoms with van der Waals surface area (Å²) in [5, 5.41) is 0.345. The number of hydrogen-bond donors (Lipinski definition) is 0. The molecule has 2 aromatic carbocycles. The van der Waals surface area contributed by atoms with Gasteiger partial charge in [-0.3, -0.25) is 0 Å². The Morgan fingerprint density at radius 1 is 1.05 bits per heavy atom. The molecule has 0 heterocycles. The van der Waals surface area contributed by atoms with Gasteiger partial charge in [-0.1, -0.05) is 59.6 Å². The van der Waals surface area contributed by atoms with Gasteiger partial charge in [0, 0.05) is 10.0 Å². The van der Waals surface area contributed by atoms with Crippen molar-refractivity contribution in [3.05, 3.63) is 75.8 Å². The van der Waals surface area contributed by atoms with Gasteiger partial charge in [0.2, 0.25) is 0 Å². The van der Waals surface area contributed by atoms with E-state index in [1.54, 1.807) is 24.3 Å². The van der Waals surface area contributed by atoms with E-state index in [1.165, 1.54) is 24.3 Å². The maximum absolute atomic E-state index is 13.2. The zero-order valence-electron chi connectivity index (χ0n) is 10.7. The number of hydrogen-bond acceptors (Lipinski definition) is 0. The van der Waals surface area contributed by atoms with Gasteiger partial charge in [0.1, 0.15) is 0 Å². The van der Waals surface area contributed by atoms with E-state index in [9.17, 15) is 13.2 Å². The Labute approximate surface area is 130 Å². The molecule has 2 rings (SSSR count). The molecule has 1 atom stereocenters. The number of halogens is 5. The Hall–Kier alpha value is -1.45. The van der Waals surface area contributed by atoms with Crippen molar-refractivity contribution in [1.82, 2.24) is 0 Å². The molecule has 1 radical (unpaired) electrons. The van der Waals surface area contributed by atoms with Gasteiger partial charge in [-0.25, -0.2) is 0 Å². The normalized spacial score (nSPS) is 13.6. The highest BCUT2D eigenvalue weighted by Gasteiger charge is 2.39. The molecule has 109 valence electrons. The van der Waals surface area contributed by atoms with Gasteiger partial charge in [0.15, 0.2) is 0 Å². The maximum atomic E-state index is 13.2. The van der Waals surface area contributed by atoms with Crippen LogP contribution in [0.15, 0.2) is 48.5 Å². The lowest BCUT2D eigenvalue weighted by molar-refractivity contribution is -0.139. The van der Waals surface area contributed by atoms with Gasteiger partial charge >= 0.3 is 6.18 Å². The van der Waals surface area contributed by atoms with E-state index in [-0.39, 0.29) is 15.6 Å². The molecule has 0 fully saturated rings. The van der Waals surface area contributed by atoms with Crippen LogP contribution < -0.4 is 0 Å². The molecule has 0 N–H and O–H groups in total. The standard InChI is InChI=1S/C16H10Cl2F3/c17-13-8-12(9-14(18)10-13)15(16(19,20)21)7-6-11-4-2-1-3-5-11/h1-4,6-10,15H. The average molecular weight is 330 g/mol. The van der Waals surface area contributed by atoms with Gasteiger partial charge in [0.05, 0.1) is 5.92 Å². The fourth-order valence-electron chi connectivity index (χ4n) is 1.87. The largest absolute Gasteiger partial charge is 0.399 e. The highest BCUT2D eigenvalue weighted by Crippen LogP contribution is 2.38. The van der Waals surface area contributed by atoms with E-state index in [0.717, 1.165) is 6.08 Å². The molecular formula is C16H10Cl2F3. The average Bonchev–Trinajstić information content (AvgIpc) is 2.37. The van der Waals surface area contributed by atoms with E-state index in [2.05, 4.69) is 6.07 Å². The van der Waals surface area contributed by atoms with Gasteiger partial charge in [0.25, 0.3) is 0 Å². The molecule has 0 nitrogen and oxygen atoms in total. The predicted molar refractivity (Wildman–Crippen MR) is 79.6 cm³/mol. The fourth-order valence-corrected chi connectivity index (χ4v) is 2.42. The third-order valence-electron chi connectivity index (χ3n) is 2.80. The highest BCUT2D eigenvalue weighted by molar-refractivity contribution is 6.34. The van der Waals surface area contributed by atoms with Crippen molar-refractivity contribution in [3.63, 3.8) is 0 Å². The van der Waals surface area contributed by atoms with E-state index in [1.807, 2.05) is 0 Å². The van der Waals surface area contributed by atoms with Crippen LogP contribution in [-0.4, -0.2) is 6.18 Å². The monoisotopic (exact) mass is 329 g/mol. The van der Waals surface area contributed by atoms with Crippen molar-refractivity contribution < 1.29 is 13.2 Å². The van der Waals surface area contributed by atoms with Crippen LogP contribution in [0.5, 0.6) is 0 Å². The lowest BCUT2D eigenvalue weighted by Gasteiger charge is -2.18. The zero-order valence-corrected chi connectivity index (χ0v) is 12.2. The van der Waals surface area contributed by atoms with Crippen molar-refractivity contribution in [2.45, 2.75) is 12.1 Å². The van der Waals surface area contributed by atoms with Crippen LogP contribution in [0.4, 0.5) is 13.2 Å². The third kappa shape index (κ3) is 4.51. The molecule has 5 heteroatoms. The van der Waals surface area contributed by atoms with Crippen molar-refractivity contribution in [2.24, 2.45) is 0 Å². The van der Waals surface area contributed by atoms with Gasteiger partial charge < -0.3 is 0 Å². The summed E-state index contributed by atoms with van der Waals surface area (Å²) >= 11 is 11.6. The van der Waals surface area contributed by atoms with Crippen molar-refractivity contribution in [3.8, 4) is 0 Å². The minimum Gasteiger partial charge on any atom is -0.170 e. The zero-order chi connectivity index (χ0) is 15.5. The van der Waals surface area contributed by atoms with Crippen LogP contribution in [0, 0.1) is 6.07 Å². The van der Waals surface area contributed by atoms with Gasteiger partial charge in [-0.05, 0) is 35.4 Å². The summed E-state index contributed by atoms with van der Waals surface area (Å²) in [6.07, 6.45) is -1.97. The quantitative estimate of drug-likeness (QED) is 0.633. The topological polar surface area (TPSA) is 0 Å². The van der Waals surface area contributed by atoms with Gasteiger partial charge in [-0.2, -0.15) is 13.2 Å². The van der Waals surface area contributed by atoms with E-state index in [4.69, 9.17) is 23.2 Å². The second kappa shape index (κ2) is 6.54. The van der Waals surface area contributed by atoms with Crippen molar-refractivity contribution in [2.75, 3.05) is 0 Å². The molecule has 21 heavy (non-hydrogen) atoms. The Balaban J connectivity index is 2.38. The second-order valence-corrected chi connectivity index (χ2v) is 5.27. The molecule has 0 spiro atoms. The summed E-state index contributed by atoms with van der Waals surface area (Å²) in [7, 11) is 0. The molecular weight excluding hydrogens is 320 g/mol. The lowest BCUT2D eigenvalue weighted by atomic mass is 9.97. The minimum atomic E-state index is -4.43. The molecule has 0 aliphatic rings. The molecule has 0 aliphatic carbocycles. The van der Waals surface area contributed by atoms with E-state index in [0.29, 0.717) is 5.56 Å². The lowest BCUT2D eigenvalue weighted by Crippen LogP contribution is -2.18. The van der Waals surface area contributed by atoms with Crippen molar-refractivity contribution >= 4 is 29.3 Å². The first-order valence-electron chi connectivity index (χ1n) is 6.04. The first kappa shape index (κ1) is 15.9. The van der Waals surface area contributed by atoms with E-state index < -0.39 is 12.1 Å². The summed E-state index contributed by atoms with van der Waals surface area (Å²) in [6, 6.07) is 13.6. The Kier molecular flexibility index (Phi) is 4.96. The van der Waals surface area contributed by atoms with Crippen LogP contribution in [0.2, 0.25) is 10.0 Å². The number of alkyl halides is 3.